The number of halogens is 1. The van der Waals surface area contributed by atoms with Crippen molar-refractivity contribution >= 4 is 79.9 Å². The Bertz CT molecular complexity index is 1980. The molecular formula is C31H20ClN5O4S2. The smallest absolute Gasteiger partial charge is 0.283 e. The molecule has 0 saturated heterocycles. The van der Waals surface area contributed by atoms with Crippen LogP contribution in [0.25, 0.3) is 16.3 Å². The van der Waals surface area contributed by atoms with Crippen molar-refractivity contribution in [1.82, 2.24) is 4.98 Å². The molecule has 43 heavy (non-hydrogen) atoms. The molecule has 0 unspecified atom stereocenters. The number of nitrogens with one attached hydrogen (secondary N) is 2. The summed E-state index contributed by atoms with van der Waals surface area (Å²) >= 11 is 8.42. The molecule has 4 aromatic carbocycles. The third-order valence-corrected chi connectivity index (χ3v) is 8.53. The first-order valence-electron chi connectivity index (χ1n) is 12.6. The molecule has 2 amide bonds. The van der Waals surface area contributed by atoms with Crippen LogP contribution in [-0.4, -0.2) is 21.7 Å². The van der Waals surface area contributed by atoms with Crippen LogP contribution >= 0.6 is 34.7 Å². The molecule has 0 fully saturated rings. The number of nitro groups is 1. The van der Waals surface area contributed by atoms with Gasteiger partial charge in [0.05, 0.1) is 20.0 Å². The molecule has 0 aliphatic carbocycles. The monoisotopic (exact) mass is 625 g/mol. The number of amides is 2. The van der Waals surface area contributed by atoms with E-state index in [-0.39, 0.29) is 17.2 Å². The zero-order chi connectivity index (χ0) is 30.5. The minimum atomic E-state index is -0.671. The highest BCUT2D eigenvalue weighted by Crippen LogP contribution is 2.40. The molecule has 9 nitrogen and oxygen atoms in total. The summed E-state index contributed by atoms with van der Waals surface area (Å²) in [6, 6.07) is 25.4. The molecule has 5 rings (SSSR count). The maximum Gasteiger partial charge on any atom is 0.283 e. The van der Waals surface area contributed by atoms with Crippen LogP contribution in [0.5, 0.6) is 0 Å². The number of nitrogens with zero attached hydrogens (tertiary/aromatic N) is 3. The Morgan fingerprint density at radius 3 is 2.56 bits per heavy atom. The molecule has 0 bridgehead atoms. The number of hydrogen-bond acceptors (Lipinski definition) is 8. The van der Waals surface area contributed by atoms with E-state index in [0.717, 1.165) is 22.0 Å². The Morgan fingerprint density at radius 1 is 1.02 bits per heavy atom. The van der Waals surface area contributed by atoms with E-state index >= 15 is 0 Å². The van der Waals surface area contributed by atoms with Gasteiger partial charge < -0.3 is 10.6 Å². The molecule has 2 N–H and O–H groups in total. The van der Waals surface area contributed by atoms with Crippen molar-refractivity contribution in [3.63, 3.8) is 0 Å². The standard InChI is InChI=1S/C31H20ClN5O4S2/c1-18-5-2-3-8-24(18)30(39)35-23-10-11-25-28(16-23)43-31(36-25)42-27-12-9-19(14-26(27)37(40)41)13-20(17-33)29(38)34-22-7-4-6-21(32)15-22/h2-16H,1H3,(H,34,38)(H,35,39)/b20-13+. The number of thiazole rings is 1. The van der Waals surface area contributed by atoms with Gasteiger partial charge >= 0.3 is 0 Å². The molecule has 0 radical (unpaired) electrons. The van der Waals surface area contributed by atoms with Crippen molar-refractivity contribution in [1.29, 1.82) is 5.26 Å². The highest BCUT2D eigenvalue weighted by atomic mass is 35.5. The van der Waals surface area contributed by atoms with Gasteiger partial charge in [-0.25, -0.2) is 4.98 Å². The zero-order valence-electron chi connectivity index (χ0n) is 22.3. The van der Waals surface area contributed by atoms with Crippen LogP contribution in [0, 0.1) is 28.4 Å². The topological polar surface area (TPSA) is 138 Å². The van der Waals surface area contributed by atoms with E-state index in [2.05, 4.69) is 15.6 Å². The number of benzene rings is 4. The molecule has 1 heterocycles. The zero-order valence-corrected chi connectivity index (χ0v) is 24.7. The molecular weight excluding hydrogens is 606 g/mol. The molecule has 0 spiro atoms. The molecule has 12 heteroatoms. The van der Waals surface area contributed by atoms with Gasteiger partial charge in [-0.05, 0) is 72.7 Å². The van der Waals surface area contributed by atoms with Crippen molar-refractivity contribution < 1.29 is 14.5 Å². The average molecular weight is 626 g/mol. The van der Waals surface area contributed by atoms with E-state index in [4.69, 9.17) is 11.6 Å². The Labute approximate surface area is 259 Å². The number of nitriles is 1. The number of aromatic nitrogens is 1. The lowest BCUT2D eigenvalue weighted by Gasteiger charge is -2.07. The van der Waals surface area contributed by atoms with Gasteiger partial charge in [0.1, 0.15) is 11.6 Å². The fourth-order valence-electron chi connectivity index (χ4n) is 4.08. The van der Waals surface area contributed by atoms with E-state index in [1.54, 1.807) is 48.5 Å². The third kappa shape index (κ3) is 7.07. The van der Waals surface area contributed by atoms with Crippen LogP contribution in [0.1, 0.15) is 21.5 Å². The predicted octanol–water partition coefficient (Wildman–Crippen LogP) is 8.12. The van der Waals surface area contributed by atoms with E-state index < -0.39 is 10.8 Å². The lowest BCUT2D eigenvalue weighted by Crippen LogP contribution is -2.13. The summed E-state index contributed by atoms with van der Waals surface area (Å²) in [5.41, 5.74) is 3.04. The van der Waals surface area contributed by atoms with Gasteiger partial charge in [-0.15, -0.1) is 11.3 Å². The first-order chi connectivity index (χ1) is 20.7. The molecule has 1 aromatic heterocycles. The van der Waals surface area contributed by atoms with Gasteiger partial charge in [-0.3, -0.25) is 19.7 Å². The van der Waals surface area contributed by atoms with Crippen LogP contribution in [0.4, 0.5) is 17.1 Å². The largest absolute Gasteiger partial charge is 0.322 e. The molecule has 0 saturated carbocycles. The summed E-state index contributed by atoms with van der Waals surface area (Å²) in [5.74, 6) is -0.891. The Balaban J connectivity index is 1.35. The van der Waals surface area contributed by atoms with Crippen molar-refractivity contribution in [2.45, 2.75) is 16.2 Å². The number of carbonyl (C=O) groups is 2. The summed E-state index contributed by atoms with van der Waals surface area (Å²) < 4.78 is 1.37. The summed E-state index contributed by atoms with van der Waals surface area (Å²) in [6.07, 6.45) is 1.28. The number of hydrogen-bond donors (Lipinski definition) is 2. The molecule has 0 aliphatic heterocycles. The lowest BCUT2D eigenvalue weighted by atomic mass is 10.1. The third-order valence-electron chi connectivity index (χ3n) is 6.15. The Kier molecular flexibility index (Phi) is 8.82. The molecule has 5 aromatic rings. The van der Waals surface area contributed by atoms with Crippen molar-refractivity contribution in [3.8, 4) is 6.07 Å². The van der Waals surface area contributed by atoms with Crippen LogP contribution < -0.4 is 10.6 Å². The highest BCUT2D eigenvalue weighted by molar-refractivity contribution is 8.01. The quantitative estimate of drug-likeness (QED) is 0.0768. The number of rotatable bonds is 8. The summed E-state index contributed by atoms with van der Waals surface area (Å²) in [6.45, 7) is 1.87. The van der Waals surface area contributed by atoms with Crippen molar-refractivity contribution in [2.75, 3.05) is 10.6 Å². The summed E-state index contributed by atoms with van der Waals surface area (Å²) in [5, 5.41) is 27.4. The Morgan fingerprint density at radius 2 is 1.81 bits per heavy atom. The number of carbonyl (C=O) groups excluding carboxylic acids is 2. The van der Waals surface area contributed by atoms with Gasteiger partial charge in [0, 0.05) is 28.0 Å². The van der Waals surface area contributed by atoms with E-state index in [1.807, 2.05) is 37.3 Å². The van der Waals surface area contributed by atoms with E-state index in [1.165, 1.54) is 29.5 Å². The first kappa shape index (κ1) is 29.5. The molecule has 0 atom stereocenters. The highest BCUT2D eigenvalue weighted by Gasteiger charge is 2.19. The van der Waals surface area contributed by atoms with Gasteiger partial charge in [0.15, 0.2) is 4.34 Å². The number of aryl methyl sites for hydroxylation is 1. The van der Waals surface area contributed by atoms with Crippen LogP contribution in [0.3, 0.4) is 0 Å². The summed E-state index contributed by atoms with van der Waals surface area (Å²) in [7, 11) is 0. The minimum Gasteiger partial charge on any atom is -0.322 e. The van der Waals surface area contributed by atoms with Gasteiger partial charge in [-0.1, -0.05) is 53.7 Å². The van der Waals surface area contributed by atoms with Gasteiger partial charge in [-0.2, -0.15) is 5.26 Å². The van der Waals surface area contributed by atoms with Crippen LogP contribution in [-0.2, 0) is 4.79 Å². The molecule has 212 valence electrons. The number of anilines is 2. The fourth-order valence-corrected chi connectivity index (χ4v) is 6.42. The SMILES string of the molecule is Cc1ccccc1C(=O)Nc1ccc2nc(Sc3ccc(/C=C(\C#N)C(=O)Nc4cccc(Cl)c4)cc3[N+](=O)[O-])sc2c1. The molecule has 0 aliphatic rings. The van der Waals surface area contributed by atoms with E-state index in [0.29, 0.717) is 42.3 Å². The van der Waals surface area contributed by atoms with Crippen LogP contribution in [0.2, 0.25) is 5.02 Å². The fraction of sp³-hybridized carbons (Fsp3) is 0.0323. The summed E-state index contributed by atoms with van der Waals surface area (Å²) in [4.78, 5) is 41.7. The minimum absolute atomic E-state index is 0.197. The predicted molar refractivity (Wildman–Crippen MR) is 170 cm³/mol. The van der Waals surface area contributed by atoms with Crippen molar-refractivity contribution in [3.05, 3.63) is 122 Å². The van der Waals surface area contributed by atoms with Gasteiger partial charge in [0.25, 0.3) is 17.5 Å². The Hall–Kier alpha value is -5.02. The van der Waals surface area contributed by atoms with Crippen LogP contribution in [0.15, 0.2) is 99.7 Å². The second-order valence-electron chi connectivity index (χ2n) is 9.15. The second-order valence-corrected chi connectivity index (χ2v) is 11.9. The maximum atomic E-state index is 12.7. The average Bonchev–Trinajstić information content (AvgIpc) is 3.38. The van der Waals surface area contributed by atoms with Crippen molar-refractivity contribution in [2.24, 2.45) is 0 Å². The number of nitro benzene ring substituents is 1. The lowest BCUT2D eigenvalue weighted by molar-refractivity contribution is -0.387. The van der Waals surface area contributed by atoms with E-state index in [9.17, 15) is 25.0 Å². The van der Waals surface area contributed by atoms with Gasteiger partial charge in [0.2, 0.25) is 0 Å². The second kappa shape index (κ2) is 12.9. The number of fused-ring (bicyclic) bond motifs is 1. The first-order valence-corrected chi connectivity index (χ1v) is 14.6. The maximum absolute atomic E-state index is 12.7. The normalized spacial score (nSPS) is 11.1.